The standard InChI is InChI=1S/C57H59BN2OS/c1-32-23-45-51-46(24-32)60(53-35(4)27-41(28-36(53)5)57(12,13)14)54-50(42-30-39(55(6,7)8)20-22-49(42)62-54)58(51)43-31-40(56(9,10)11)19-21-44(43)59(45)52-33(2)25-38(26-34(52)3)48-29-37-17-15-16-18-47(37)61-48/h15-31H,1-14H3. The molecule has 3 nitrogen and oxygen atoms in total. The van der Waals surface area contributed by atoms with E-state index in [1.165, 1.54) is 104 Å². The minimum Gasteiger partial charge on any atom is -0.456 e. The molecule has 0 bridgehead atoms. The number of benzene rings is 6. The molecule has 62 heavy (non-hydrogen) atoms. The lowest BCUT2D eigenvalue weighted by molar-refractivity contribution is 0.589. The Labute approximate surface area is 373 Å². The van der Waals surface area contributed by atoms with Gasteiger partial charge in [0, 0.05) is 32.7 Å². The lowest BCUT2D eigenvalue weighted by Gasteiger charge is -2.45. The fourth-order valence-corrected chi connectivity index (χ4v) is 11.6. The molecule has 0 saturated heterocycles. The number of aryl methyl sites for hydroxylation is 5. The molecular weight excluding hydrogens is 772 g/mol. The smallest absolute Gasteiger partial charge is 0.254 e. The minimum absolute atomic E-state index is 0.0117. The van der Waals surface area contributed by atoms with Crippen LogP contribution in [0.15, 0.2) is 108 Å². The van der Waals surface area contributed by atoms with Gasteiger partial charge >= 0.3 is 0 Å². The third-order valence-corrected chi connectivity index (χ3v) is 14.7. The Morgan fingerprint density at radius 2 is 1.08 bits per heavy atom. The highest BCUT2D eigenvalue weighted by Crippen LogP contribution is 2.51. The van der Waals surface area contributed by atoms with Crippen LogP contribution in [0.3, 0.4) is 0 Å². The summed E-state index contributed by atoms with van der Waals surface area (Å²) in [6.07, 6.45) is 0. The van der Waals surface area contributed by atoms with Gasteiger partial charge in [-0.1, -0.05) is 117 Å². The molecule has 0 spiro atoms. The van der Waals surface area contributed by atoms with E-state index in [-0.39, 0.29) is 23.0 Å². The van der Waals surface area contributed by atoms with Crippen LogP contribution in [0.5, 0.6) is 0 Å². The zero-order valence-corrected chi connectivity index (χ0v) is 39.9. The molecule has 0 aliphatic carbocycles. The molecule has 0 saturated carbocycles. The van der Waals surface area contributed by atoms with Gasteiger partial charge in [-0.25, -0.2) is 0 Å². The first-order valence-electron chi connectivity index (χ1n) is 22.4. The van der Waals surface area contributed by atoms with Crippen LogP contribution in [-0.4, -0.2) is 6.71 Å². The molecule has 2 aromatic heterocycles. The summed E-state index contributed by atoms with van der Waals surface area (Å²) in [7, 11) is 0. The summed E-state index contributed by atoms with van der Waals surface area (Å²) in [5.41, 5.74) is 22.9. The van der Waals surface area contributed by atoms with Crippen LogP contribution in [0.2, 0.25) is 0 Å². The van der Waals surface area contributed by atoms with E-state index < -0.39 is 0 Å². The van der Waals surface area contributed by atoms with E-state index >= 15 is 0 Å². The van der Waals surface area contributed by atoms with Gasteiger partial charge in [-0.15, -0.1) is 11.3 Å². The lowest BCUT2D eigenvalue weighted by atomic mass is 9.33. The van der Waals surface area contributed by atoms with Gasteiger partial charge in [0.05, 0.1) is 16.4 Å². The van der Waals surface area contributed by atoms with Crippen molar-refractivity contribution in [3.63, 3.8) is 0 Å². The predicted molar refractivity (Wildman–Crippen MR) is 271 cm³/mol. The van der Waals surface area contributed by atoms with Crippen LogP contribution < -0.4 is 26.2 Å². The van der Waals surface area contributed by atoms with E-state index in [0.717, 1.165) is 22.3 Å². The van der Waals surface area contributed by atoms with Crippen molar-refractivity contribution >= 4 is 88.9 Å². The molecule has 5 heteroatoms. The van der Waals surface area contributed by atoms with Crippen LogP contribution in [-0.2, 0) is 16.2 Å². The SMILES string of the molecule is Cc1cc2c3c(c1)N(c1c(C)cc(C(C)(C)C)cc1C)c1sc4ccc(C(C)(C)C)cc4c1B3c1cc(C(C)(C)C)ccc1N2c1c(C)cc(-c2cc3ccccc3o2)cc1C. The zero-order valence-electron chi connectivity index (χ0n) is 39.1. The molecular formula is C57H59BN2OS. The van der Waals surface area contributed by atoms with Crippen molar-refractivity contribution in [2.45, 2.75) is 113 Å². The fourth-order valence-electron chi connectivity index (χ4n) is 10.4. The number of fused-ring (bicyclic) bond motifs is 7. The van der Waals surface area contributed by atoms with Gasteiger partial charge in [-0.3, -0.25) is 0 Å². The van der Waals surface area contributed by atoms with E-state index in [0.29, 0.717) is 0 Å². The number of hydrogen-bond acceptors (Lipinski definition) is 4. The van der Waals surface area contributed by atoms with Crippen molar-refractivity contribution in [2.75, 3.05) is 9.80 Å². The molecule has 0 fully saturated rings. The maximum atomic E-state index is 6.45. The summed E-state index contributed by atoms with van der Waals surface area (Å²) in [4.78, 5) is 5.27. The summed E-state index contributed by atoms with van der Waals surface area (Å²) >= 11 is 1.96. The van der Waals surface area contributed by atoms with Crippen LogP contribution in [0.25, 0.3) is 32.4 Å². The topological polar surface area (TPSA) is 19.6 Å². The van der Waals surface area contributed by atoms with Crippen molar-refractivity contribution in [1.82, 2.24) is 0 Å². The molecule has 0 amide bonds. The van der Waals surface area contributed by atoms with Crippen LogP contribution in [0, 0.1) is 34.6 Å². The molecule has 0 unspecified atom stereocenters. The number of nitrogens with zero attached hydrogens (tertiary/aromatic N) is 2. The Bertz CT molecular complexity index is 3080. The average Bonchev–Trinajstić information content (AvgIpc) is 3.79. The van der Waals surface area contributed by atoms with Gasteiger partial charge in [0.2, 0.25) is 0 Å². The second kappa shape index (κ2) is 13.7. The van der Waals surface area contributed by atoms with Gasteiger partial charge in [-0.2, -0.15) is 0 Å². The first kappa shape index (κ1) is 40.6. The molecule has 2 aliphatic rings. The lowest BCUT2D eigenvalue weighted by Crippen LogP contribution is -2.61. The largest absolute Gasteiger partial charge is 0.456 e. The molecule has 2 aliphatic heterocycles. The van der Waals surface area contributed by atoms with E-state index in [1.54, 1.807) is 0 Å². The number of thiophene rings is 1. The molecule has 312 valence electrons. The Balaban J connectivity index is 1.30. The minimum atomic E-state index is -0.0288. The summed E-state index contributed by atoms with van der Waals surface area (Å²) in [5.74, 6) is 0.899. The highest BCUT2D eigenvalue weighted by Gasteiger charge is 2.46. The van der Waals surface area contributed by atoms with Crippen LogP contribution in [0.1, 0.15) is 107 Å². The first-order chi connectivity index (χ1) is 29.2. The molecule has 0 N–H and O–H groups in total. The van der Waals surface area contributed by atoms with E-state index in [4.69, 9.17) is 4.42 Å². The first-order valence-corrected chi connectivity index (χ1v) is 23.2. The normalized spacial score (nSPS) is 13.9. The summed E-state index contributed by atoms with van der Waals surface area (Å²) < 4.78 is 7.78. The molecule has 6 aromatic carbocycles. The molecule has 4 heterocycles. The summed E-state index contributed by atoms with van der Waals surface area (Å²) in [5, 5.41) is 3.82. The predicted octanol–water partition coefficient (Wildman–Crippen LogP) is 14.8. The number of rotatable bonds is 3. The molecule has 0 radical (unpaired) electrons. The second-order valence-corrected chi connectivity index (χ2v) is 22.5. The molecule has 10 rings (SSSR count). The van der Waals surface area contributed by atoms with Gasteiger partial charge in [0.15, 0.2) is 0 Å². The summed E-state index contributed by atoms with van der Waals surface area (Å²) in [6.45, 7) is 32.6. The van der Waals surface area contributed by atoms with E-state index in [9.17, 15) is 0 Å². The maximum Gasteiger partial charge on any atom is 0.254 e. The van der Waals surface area contributed by atoms with Crippen molar-refractivity contribution in [3.8, 4) is 11.3 Å². The monoisotopic (exact) mass is 830 g/mol. The highest BCUT2D eigenvalue weighted by atomic mass is 32.1. The Morgan fingerprint density at radius 3 is 1.71 bits per heavy atom. The Kier molecular flexibility index (Phi) is 8.99. The highest BCUT2D eigenvalue weighted by molar-refractivity contribution is 7.26. The van der Waals surface area contributed by atoms with E-state index in [2.05, 4.69) is 204 Å². The average molecular weight is 831 g/mol. The number of hydrogen-bond donors (Lipinski definition) is 0. The summed E-state index contributed by atoms with van der Waals surface area (Å²) in [6, 6.07) is 39.6. The van der Waals surface area contributed by atoms with E-state index in [1.807, 2.05) is 17.4 Å². The Hall–Kier alpha value is -5.52. The second-order valence-electron chi connectivity index (χ2n) is 21.4. The Morgan fingerprint density at radius 1 is 0.516 bits per heavy atom. The van der Waals surface area contributed by atoms with Crippen LogP contribution in [0.4, 0.5) is 33.4 Å². The number of furan rings is 1. The van der Waals surface area contributed by atoms with Crippen LogP contribution >= 0.6 is 11.3 Å². The van der Waals surface area contributed by atoms with Gasteiger partial charge in [-0.05, 0) is 166 Å². The van der Waals surface area contributed by atoms with Gasteiger partial charge < -0.3 is 14.2 Å². The third-order valence-electron chi connectivity index (χ3n) is 13.6. The van der Waals surface area contributed by atoms with Crippen molar-refractivity contribution in [3.05, 3.63) is 148 Å². The molecule has 0 atom stereocenters. The number of anilines is 6. The maximum absolute atomic E-state index is 6.45. The van der Waals surface area contributed by atoms with Gasteiger partial charge in [0.25, 0.3) is 6.71 Å². The zero-order chi connectivity index (χ0) is 43.9. The van der Waals surface area contributed by atoms with Crippen molar-refractivity contribution in [1.29, 1.82) is 0 Å². The quantitative estimate of drug-likeness (QED) is 0.165. The van der Waals surface area contributed by atoms with Crippen molar-refractivity contribution in [2.24, 2.45) is 0 Å². The molecule has 8 aromatic rings. The fraction of sp³-hybridized carbons (Fsp3) is 0.298. The van der Waals surface area contributed by atoms with Gasteiger partial charge in [0.1, 0.15) is 11.3 Å². The number of para-hydroxylation sites is 1. The third kappa shape index (κ3) is 6.28. The van der Waals surface area contributed by atoms with Crippen molar-refractivity contribution < 1.29 is 4.42 Å².